The van der Waals surface area contributed by atoms with Crippen LogP contribution in [-0.2, 0) is 0 Å². The molecule has 1 fully saturated rings. The van der Waals surface area contributed by atoms with Crippen molar-refractivity contribution in [1.29, 1.82) is 0 Å². The zero-order valence-corrected chi connectivity index (χ0v) is 7.63. The van der Waals surface area contributed by atoms with Gasteiger partial charge in [-0.1, -0.05) is 6.42 Å². The topological polar surface area (TPSA) is 71.8 Å². The molecular weight excluding hydrogens is 166 g/mol. The van der Waals surface area contributed by atoms with Crippen LogP contribution in [0, 0.1) is 6.92 Å². The number of hydrogen-bond donors (Lipinski definition) is 2. The van der Waals surface area contributed by atoms with Crippen LogP contribution < -0.4 is 11.3 Å². The molecule has 0 saturated heterocycles. The van der Waals surface area contributed by atoms with E-state index in [1.165, 1.54) is 6.42 Å². The smallest absolute Gasteiger partial charge is 0.255 e. The third kappa shape index (κ3) is 1.32. The lowest BCUT2D eigenvalue weighted by Gasteiger charge is -2.24. The van der Waals surface area contributed by atoms with Crippen LogP contribution in [0.15, 0.2) is 4.79 Å². The van der Waals surface area contributed by atoms with Crippen LogP contribution in [0.1, 0.15) is 36.6 Å². The van der Waals surface area contributed by atoms with Gasteiger partial charge in [-0.3, -0.25) is 4.79 Å². The summed E-state index contributed by atoms with van der Waals surface area (Å²) in [5, 5.41) is 0. The lowest BCUT2D eigenvalue weighted by Crippen LogP contribution is -2.22. The van der Waals surface area contributed by atoms with Gasteiger partial charge in [-0.05, 0) is 19.8 Å². The molecule has 0 aromatic carbocycles. The molecule has 0 bridgehead atoms. The minimum absolute atomic E-state index is 0.102. The molecule has 0 amide bonds. The summed E-state index contributed by atoms with van der Waals surface area (Å²) in [5.74, 6) is 1.56. The molecule has 3 N–H and O–H groups in total. The highest BCUT2D eigenvalue weighted by Gasteiger charge is 2.22. The van der Waals surface area contributed by atoms with E-state index in [0.717, 1.165) is 18.7 Å². The number of nitrogens with two attached hydrogens (primary N) is 1. The summed E-state index contributed by atoms with van der Waals surface area (Å²) in [5.41, 5.74) is 6.02. The third-order valence-electron chi connectivity index (χ3n) is 2.70. The Balaban J connectivity index is 2.43. The minimum Gasteiger partial charge on any atom is -0.383 e. The average Bonchev–Trinajstić information content (AvgIpc) is 1.96. The molecule has 0 atom stereocenters. The van der Waals surface area contributed by atoms with E-state index in [0.29, 0.717) is 17.3 Å². The van der Waals surface area contributed by atoms with Gasteiger partial charge in [0.15, 0.2) is 0 Å². The van der Waals surface area contributed by atoms with Crippen molar-refractivity contribution in [2.45, 2.75) is 32.1 Å². The first-order chi connectivity index (χ1) is 6.18. The molecule has 70 valence electrons. The average molecular weight is 179 g/mol. The van der Waals surface area contributed by atoms with Gasteiger partial charge in [-0.25, -0.2) is 4.98 Å². The number of hydrogen-bond acceptors (Lipinski definition) is 3. The van der Waals surface area contributed by atoms with E-state index in [1.54, 1.807) is 6.92 Å². The Morgan fingerprint density at radius 3 is 2.69 bits per heavy atom. The van der Waals surface area contributed by atoms with Crippen LogP contribution >= 0.6 is 0 Å². The first-order valence-corrected chi connectivity index (χ1v) is 4.55. The van der Waals surface area contributed by atoms with Crippen molar-refractivity contribution in [3.8, 4) is 0 Å². The quantitative estimate of drug-likeness (QED) is 0.673. The summed E-state index contributed by atoms with van der Waals surface area (Å²) < 4.78 is 0. The van der Waals surface area contributed by atoms with Crippen molar-refractivity contribution in [3.63, 3.8) is 0 Å². The Hall–Kier alpha value is -1.32. The van der Waals surface area contributed by atoms with E-state index in [1.807, 2.05) is 0 Å². The molecule has 0 spiro atoms. The molecule has 4 heteroatoms. The zero-order chi connectivity index (χ0) is 9.42. The second kappa shape index (κ2) is 2.87. The molecular formula is C9H13N3O. The van der Waals surface area contributed by atoms with Crippen molar-refractivity contribution in [2.75, 3.05) is 5.73 Å². The number of anilines is 1. The highest BCUT2D eigenvalue weighted by Crippen LogP contribution is 2.33. The van der Waals surface area contributed by atoms with E-state index >= 15 is 0 Å². The predicted octanol–water partition coefficient (Wildman–Crippen LogP) is 0.928. The fraction of sp³-hybridized carbons (Fsp3) is 0.556. The molecule has 1 aliphatic rings. The maximum absolute atomic E-state index is 11.3. The summed E-state index contributed by atoms with van der Waals surface area (Å²) in [4.78, 5) is 18.3. The van der Waals surface area contributed by atoms with E-state index in [4.69, 9.17) is 5.73 Å². The largest absolute Gasteiger partial charge is 0.383 e. The number of nitrogens with one attached hydrogen (secondary N) is 1. The highest BCUT2D eigenvalue weighted by molar-refractivity contribution is 5.36. The van der Waals surface area contributed by atoms with Crippen LogP contribution in [0.25, 0.3) is 0 Å². The van der Waals surface area contributed by atoms with Gasteiger partial charge in [-0.2, -0.15) is 0 Å². The van der Waals surface area contributed by atoms with E-state index in [-0.39, 0.29) is 5.56 Å². The second-order valence-corrected chi connectivity index (χ2v) is 3.59. The molecule has 1 saturated carbocycles. The van der Waals surface area contributed by atoms with Gasteiger partial charge in [0.2, 0.25) is 0 Å². The lowest BCUT2D eigenvalue weighted by atomic mass is 9.85. The molecule has 0 radical (unpaired) electrons. The standard InChI is InChI=1S/C9H13N3O/c1-5-7(10)11-8(12-9(5)13)6-3-2-4-6/h6H,2-4H2,1H3,(H3,10,11,12,13). The molecule has 2 rings (SSSR count). The maximum atomic E-state index is 11.3. The summed E-state index contributed by atoms with van der Waals surface area (Å²) in [6, 6.07) is 0. The number of nitrogens with zero attached hydrogens (tertiary/aromatic N) is 1. The number of aromatic amines is 1. The van der Waals surface area contributed by atoms with Crippen LogP contribution in [0.3, 0.4) is 0 Å². The zero-order valence-electron chi connectivity index (χ0n) is 7.63. The van der Waals surface area contributed by atoms with Gasteiger partial charge < -0.3 is 10.7 Å². The molecule has 1 aliphatic carbocycles. The molecule has 13 heavy (non-hydrogen) atoms. The van der Waals surface area contributed by atoms with E-state index in [9.17, 15) is 4.79 Å². The van der Waals surface area contributed by atoms with Gasteiger partial charge >= 0.3 is 0 Å². The minimum atomic E-state index is -0.102. The van der Waals surface area contributed by atoms with E-state index in [2.05, 4.69) is 9.97 Å². The predicted molar refractivity (Wildman–Crippen MR) is 50.6 cm³/mol. The second-order valence-electron chi connectivity index (χ2n) is 3.59. The van der Waals surface area contributed by atoms with Crippen molar-refractivity contribution in [2.24, 2.45) is 0 Å². The lowest BCUT2D eigenvalue weighted by molar-refractivity contribution is 0.401. The van der Waals surface area contributed by atoms with Gasteiger partial charge in [-0.15, -0.1) is 0 Å². The Bertz CT molecular complexity index is 379. The highest BCUT2D eigenvalue weighted by atomic mass is 16.1. The molecule has 1 aromatic rings. The van der Waals surface area contributed by atoms with Crippen molar-refractivity contribution in [3.05, 3.63) is 21.7 Å². The maximum Gasteiger partial charge on any atom is 0.255 e. The fourth-order valence-corrected chi connectivity index (χ4v) is 1.44. The van der Waals surface area contributed by atoms with Gasteiger partial charge in [0.25, 0.3) is 5.56 Å². The summed E-state index contributed by atoms with van der Waals surface area (Å²) in [6.07, 6.45) is 3.46. The van der Waals surface area contributed by atoms with E-state index < -0.39 is 0 Å². The van der Waals surface area contributed by atoms with Crippen molar-refractivity contribution < 1.29 is 0 Å². The monoisotopic (exact) mass is 179 g/mol. The Labute approximate surface area is 76.2 Å². The van der Waals surface area contributed by atoms with Crippen LogP contribution in [0.2, 0.25) is 0 Å². The Kier molecular flexibility index (Phi) is 1.83. The summed E-state index contributed by atoms with van der Waals surface area (Å²) in [7, 11) is 0. The SMILES string of the molecule is Cc1c(N)nc(C2CCC2)[nH]c1=O. The molecule has 4 nitrogen and oxygen atoms in total. The Morgan fingerprint density at radius 2 is 2.23 bits per heavy atom. The van der Waals surface area contributed by atoms with Crippen LogP contribution in [0.5, 0.6) is 0 Å². The first-order valence-electron chi connectivity index (χ1n) is 4.55. The number of H-pyrrole nitrogens is 1. The number of nitrogen functional groups attached to an aromatic ring is 1. The third-order valence-corrected chi connectivity index (χ3v) is 2.70. The Morgan fingerprint density at radius 1 is 1.54 bits per heavy atom. The number of rotatable bonds is 1. The first kappa shape index (κ1) is 8.29. The van der Waals surface area contributed by atoms with Gasteiger partial charge in [0, 0.05) is 5.92 Å². The molecule has 1 aromatic heterocycles. The van der Waals surface area contributed by atoms with Crippen LogP contribution in [-0.4, -0.2) is 9.97 Å². The number of aromatic nitrogens is 2. The van der Waals surface area contributed by atoms with Crippen LogP contribution in [0.4, 0.5) is 5.82 Å². The molecule has 1 heterocycles. The molecule has 0 unspecified atom stereocenters. The summed E-state index contributed by atoms with van der Waals surface area (Å²) >= 11 is 0. The summed E-state index contributed by atoms with van der Waals surface area (Å²) in [6.45, 7) is 1.69. The van der Waals surface area contributed by atoms with Crippen molar-refractivity contribution >= 4 is 5.82 Å². The molecule has 0 aliphatic heterocycles. The normalized spacial score (nSPS) is 17.0. The van der Waals surface area contributed by atoms with Gasteiger partial charge in [0.1, 0.15) is 11.6 Å². The van der Waals surface area contributed by atoms with Crippen molar-refractivity contribution in [1.82, 2.24) is 9.97 Å². The van der Waals surface area contributed by atoms with Gasteiger partial charge in [0.05, 0.1) is 5.56 Å². The fourth-order valence-electron chi connectivity index (χ4n) is 1.44.